The lowest BCUT2D eigenvalue weighted by Gasteiger charge is -2.20. The molecular formula is C14H20N2O2. The van der Waals surface area contributed by atoms with Crippen LogP contribution in [-0.4, -0.2) is 17.9 Å². The molecule has 0 aromatic heterocycles. The summed E-state index contributed by atoms with van der Waals surface area (Å²) in [5, 5.41) is 18.4. The number of hydrogen-bond acceptors (Lipinski definition) is 4. The third kappa shape index (κ3) is 2.88. The van der Waals surface area contributed by atoms with Crippen LogP contribution in [0.25, 0.3) is 0 Å². The van der Waals surface area contributed by atoms with E-state index < -0.39 is 0 Å². The van der Waals surface area contributed by atoms with E-state index in [1.54, 1.807) is 6.07 Å². The van der Waals surface area contributed by atoms with Gasteiger partial charge in [-0.3, -0.25) is 0 Å². The molecule has 1 fully saturated rings. The molecule has 1 saturated heterocycles. The number of azo groups is 1. The molecule has 1 aromatic rings. The van der Waals surface area contributed by atoms with Gasteiger partial charge in [-0.05, 0) is 24.3 Å². The molecule has 1 unspecified atom stereocenters. The predicted octanol–water partition coefficient (Wildman–Crippen LogP) is 3.91. The lowest BCUT2D eigenvalue weighted by Crippen LogP contribution is -2.10. The van der Waals surface area contributed by atoms with E-state index in [9.17, 15) is 5.11 Å². The lowest BCUT2D eigenvalue weighted by molar-refractivity contribution is 0.113. The molecule has 1 aliphatic rings. The average Bonchev–Trinajstić information content (AvgIpc) is 2.79. The van der Waals surface area contributed by atoms with Crippen LogP contribution in [0.4, 0.5) is 5.69 Å². The van der Waals surface area contributed by atoms with E-state index >= 15 is 0 Å². The van der Waals surface area contributed by atoms with Gasteiger partial charge < -0.3 is 9.84 Å². The Hall–Kier alpha value is -1.42. The molecule has 4 heteroatoms. The number of phenols is 1. The van der Waals surface area contributed by atoms with E-state index in [1.165, 1.54) is 0 Å². The van der Waals surface area contributed by atoms with Gasteiger partial charge in [0.1, 0.15) is 11.4 Å². The van der Waals surface area contributed by atoms with Gasteiger partial charge >= 0.3 is 0 Å². The Morgan fingerprint density at radius 3 is 2.72 bits per heavy atom. The highest BCUT2D eigenvalue weighted by Crippen LogP contribution is 2.37. The van der Waals surface area contributed by atoms with E-state index in [0.29, 0.717) is 5.69 Å². The zero-order valence-electron chi connectivity index (χ0n) is 11.2. The van der Waals surface area contributed by atoms with Crippen LogP contribution in [0.5, 0.6) is 5.75 Å². The normalized spacial score (nSPS) is 20.7. The summed E-state index contributed by atoms with van der Waals surface area (Å²) in [6, 6.07) is 5.58. The summed E-state index contributed by atoms with van der Waals surface area (Å²) in [6.07, 6.45) is 1.78. The molecule has 0 radical (unpaired) electrons. The molecule has 1 aliphatic heterocycles. The number of aromatic hydroxyl groups is 1. The first-order valence-electron chi connectivity index (χ1n) is 6.33. The van der Waals surface area contributed by atoms with Gasteiger partial charge in [0, 0.05) is 12.2 Å². The summed E-state index contributed by atoms with van der Waals surface area (Å²) in [7, 11) is 0. The molecule has 1 aromatic carbocycles. The molecule has 0 aliphatic carbocycles. The average molecular weight is 248 g/mol. The Bertz CT molecular complexity index is 444. The fourth-order valence-corrected chi connectivity index (χ4v) is 2.00. The van der Waals surface area contributed by atoms with E-state index in [0.717, 1.165) is 25.0 Å². The van der Waals surface area contributed by atoms with Crippen molar-refractivity contribution in [3.63, 3.8) is 0 Å². The first kappa shape index (κ1) is 13.0. The van der Waals surface area contributed by atoms with Gasteiger partial charge in [-0.1, -0.05) is 32.9 Å². The summed E-state index contributed by atoms with van der Waals surface area (Å²) < 4.78 is 5.37. The maximum Gasteiger partial charge on any atom is 0.169 e. The Kier molecular flexibility index (Phi) is 3.66. The zero-order valence-corrected chi connectivity index (χ0v) is 11.2. The number of hydrogen-bond donors (Lipinski definition) is 1. The fourth-order valence-electron chi connectivity index (χ4n) is 2.00. The topological polar surface area (TPSA) is 54.2 Å². The van der Waals surface area contributed by atoms with Crippen molar-refractivity contribution in [3.05, 3.63) is 23.8 Å². The summed E-state index contributed by atoms with van der Waals surface area (Å²) in [5.41, 5.74) is 1.28. The molecule has 1 atom stereocenters. The van der Waals surface area contributed by atoms with Crippen LogP contribution < -0.4 is 0 Å². The molecule has 98 valence electrons. The van der Waals surface area contributed by atoms with Crippen LogP contribution in [0.3, 0.4) is 0 Å². The Morgan fingerprint density at radius 1 is 1.33 bits per heavy atom. The molecule has 1 heterocycles. The standard InChI is InChI=1S/C14H20N2O2/c1-14(2,3)10-6-4-7-11(13(10)17)15-16-12-8-5-9-18-12/h4,6-7,12,17H,5,8-9H2,1-3H3. The minimum absolute atomic E-state index is 0.112. The molecule has 18 heavy (non-hydrogen) atoms. The molecule has 0 amide bonds. The molecule has 4 nitrogen and oxygen atoms in total. The van der Waals surface area contributed by atoms with E-state index in [-0.39, 0.29) is 17.4 Å². The zero-order chi connectivity index (χ0) is 13.2. The first-order chi connectivity index (χ1) is 8.48. The van der Waals surface area contributed by atoms with Crippen molar-refractivity contribution < 1.29 is 9.84 Å². The second kappa shape index (κ2) is 5.06. The van der Waals surface area contributed by atoms with E-state index in [4.69, 9.17) is 4.74 Å². The highest BCUT2D eigenvalue weighted by Gasteiger charge is 2.20. The van der Waals surface area contributed by atoms with Gasteiger partial charge in [0.25, 0.3) is 0 Å². The third-order valence-corrected chi connectivity index (χ3v) is 3.02. The van der Waals surface area contributed by atoms with Crippen LogP contribution in [-0.2, 0) is 10.2 Å². The minimum Gasteiger partial charge on any atom is -0.505 e. The van der Waals surface area contributed by atoms with Gasteiger partial charge in [-0.2, -0.15) is 5.11 Å². The number of ether oxygens (including phenoxy) is 1. The quantitative estimate of drug-likeness (QED) is 0.807. The highest BCUT2D eigenvalue weighted by molar-refractivity contribution is 5.56. The summed E-state index contributed by atoms with van der Waals surface area (Å²) in [6.45, 7) is 6.92. The molecule has 0 spiro atoms. The van der Waals surface area contributed by atoms with Crippen LogP contribution >= 0.6 is 0 Å². The molecule has 2 rings (SSSR count). The van der Waals surface area contributed by atoms with Crippen molar-refractivity contribution in [2.24, 2.45) is 10.2 Å². The SMILES string of the molecule is CC(C)(C)c1cccc(N=NC2CCCO2)c1O. The van der Waals surface area contributed by atoms with Crippen molar-refractivity contribution >= 4 is 5.69 Å². The van der Waals surface area contributed by atoms with Gasteiger partial charge in [-0.25, -0.2) is 0 Å². The van der Waals surface area contributed by atoms with Crippen LogP contribution in [0.15, 0.2) is 28.4 Å². The van der Waals surface area contributed by atoms with Crippen LogP contribution in [0, 0.1) is 0 Å². The number of rotatable bonds is 2. The Balaban J connectivity index is 2.23. The highest BCUT2D eigenvalue weighted by atomic mass is 16.5. The van der Waals surface area contributed by atoms with Crippen molar-refractivity contribution in [1.82, 2.24) is 0 Å². The summed E-state index contributed by atoms with van der Waals surface area (Å²) in [4.78, 5) is 0. The molecule has 0 bridgehead atoms. The molecule has 1 N–H and O–H groups in total. The summed E-state index contributed by atoms with van der Waals surface area (Å²) in [5.74, 6) is 0.215. The predicted molar refractivity (Wildman–Crippen MR) is 70.3 cm³/mol. The molecule has 0 saturated carbocycles. The van der Waals surface area contributed by atoms with Gasteiger partial charge in [0.05, 0.1) is 0 Å². The monoisotopic (exact) mass is 248 g/mol. The van der Waals surface area contributed by atoms with E-state index in [2.05, 4.69) is 31.0 Å². The number of para-hydroxylation sites is 1. The lowest BCUT2D eigenvalue weighted by atomic mass is 9.86. The number of phenolic OH excluding ortho intramolecular Hbond substituents is 1. The first-order valence-corrected chi connectivity index (χ1v) is 6.33. The van der Waals surface area contributed by atoms with Crippen molar-refractivity contribution in [2.45, 2.75) is 45.3 Å². The van der Waals surface area contributed by atoms with Crippen molar-refractivity contribution in [3.8, 4) is 5.75 Å². The van der Waals surface area contributed by atoms with Crippen molar-refractivity contribution in [1.29, 1.82) is 0 Å². The smallest absolute Gasteiger partial charge is 0.169 e. The van der Waals surface area contributed by atoms with E-state index in [1.807, 2.05) is 12.1 Å². The third-order valence-electron chi connectivity index (χ3n) is 3.02. The maximum absolute atomic E-state index is 10.2. The van der Waals surface area contributed by atoms with Gasteiger partial charge in [0.15, 0.2) is 6.23 Å². The largest absolute Gasteiger partial charge is 0.505 e. The minimum atomic E-state index is -0.150. The fraction of sp³-hybridized carbons (Fsp3) is 0.571. The Morgan fingerprint density at radius 2 is 2.11 bits per heavy atom. The number of nitrogens with zero attached hydrogens (tertiary/aromatic N) is 2. The second-order valence-corrected chi connectivity index (χ2v) is 5.61. The number of benzene rings is 1. The van der Waals surface area contributed by atoms with Crippen molar-refractivity contribution in [2.75, 3.05) is 6.61 Å². The molecular weight excluding hydrogens is 228 g/mol. The second-order valence-electron chi connectivity index (χ2n) is 5.61. The summed E-state index contributed by atoms with van der Waals surface area (Å²) >= 11 is 0. The Labute approximate surface area is 108 Å². The van der Waals surface area contributed by atoms with Crippen LogP contribution in [0.2, 0.25) is 0 Å². The van der Waals surface area contributed by atoms with Gasteiger partial charge in [0.2, 0.25) is 0 Å². The van der Waals surface area contributed by atoms with Crippen LogP contribution in [0.1, 0.15) is 39.2 Å². The van der Waals surface area contributed by atoms with Gasteiger partial charge in [-0.15, -0.1) is 5.11 Å². The maximum atomic E-state index is 10.2.